The van der Waals surface area contributed by atoms with Crippen LogP contribution >= 0.6 is 12.6 Å². The van der Waals surface area contributed by atoms with E-state index in [0.717, 1.165) is 18.4 Å². The molecule has 1 nitrogen and oxygen atoms in total. The van der Waals surface area contributed by atoms with Gasteiger partial charge in [-0.15, -0.1) is 0 Å². The molecule has 46 valence electrons. The van der Waals surface area contributed by atoms with E-state index in [-0.39, 0.29) is 6.04 Å². The van der Waals surface area contributed by atoms with E-state index in [1.807, 2.05) is 0 Å². The summed E-state index contributed by atoms with van der Waals surface area (Å²) in [6.07, 6.45) is 2.01. The second-order valence-corrected chi connectivity index (χ2v) is 3.09. The van der Waals surface area contributed by atoms with Crippen LogP contribution in [0.2, 0.25) is 0 Å². The molecule has 0 aromatic heterocycles. The Hall–Kier alpha value is 0.0500. The Kier molecular flexibility index (Phi) is 1.63. The smallest absolute Gasteiger partial charge is 0.0261 e. The maximum Gasteiger partial charge on any atom is 0.0261 e. The Bertz CT molecular complexity index is 111. The van der Waals surface area contributed by atoms with E-state index >= 15 is 0 Å². The average Bonchev–Trinajstić information content (AvgIpc) is 1.85. The Morgan fingerprint density at radius 1 is 1.75 bits per heavy atom. The number of hydrogen-bond donors (Lipinski definition) is 2. The van der Waals surface area contributed by atoms with Gasteiger partial charge in [0, 0.05) is 11.3 Å². The summed E-state index contributed by atoms with van der Waals surface area (Å²) in [6.45, 7) is 3.81. The predicted molar refractivity (Wildman–Crippen MR) is 39.1 cm³/mol. The van der Waals surface area contributed by atoms with Crippen molar-refractivity contribution in [3.8, 4) is 0 Å². The van der Waals surface area contributed by atoms with Crippen LogP contribution in [0.15, 0.2) is 12.2 Å². The normalized spacial score (nSPS) is 38.5. The molecule has 0 spiro atoms. The molecular formula is C6H11NS. The molecule has 0 aromatic rings. The lowest BCUT2D eigenvalue weighted by Crippen LogP contribution is -2.16. The quantitative estimate of drug-likeness (QED) is 0.370. The molecule has 1 rings (SSSR count). The Morgan fingerprint density at radius 2 is 2.38 bits per heavy atom. The fourth-order valence-electron chi connectivity index (χ4n) is 0.997. The minimum Gasteiger partial charge on any atom is -0.324 e. The van der Waals surface area contributed by atoms with E-state index in [0.29, 0.717) is 5.25 Å². The Morgan fingerprint density at radius 3 is 2.50 bits per heavy atom. The largest absolute Gasteiger partial charge is 0.324 e. The Labute approximate surface area is 55.4 Å². The number of thiol groups is 1. The lowest BCUT2D eigenvalue weighted by atomic mass is 10.2. The maximum absolute atomic E-state index is 5.62. The zero-order valence-corrected chi connectivity index (χ0v) is 5.70. The van der Waals surface area contributed by atoms with Gasteiger partial charge in [0.25, 0.3) is 0 Å². The summed E-state index contributed by atoms with van der Waals surface area (Å²) in [4.78, 5) is 0. The van der Waals surface area contributed by atoms with E-state index in [9.17, 15) is 0 Å². The first-order valence-corrected chi connectivity index (χ1v) is 3.33. The molecule has 0 aromatic carbocycles. The van der Waals surface area contributed by atoms with Crippen LogP contribution < -0.4 is 5.73 Å². The molecule has 2 heteroatoms. The molecule has 2 unspecified atom stereocenters. The third kappa shape index (κ3) is 1.06. The van der Waals surface area contributed by atoms with E-state index in [1.54, 1.807) is 0 Å². The third-order valence-corrected chi connectivity index (χ3v) is 1.94. The van der Waals surface area contributed by atoms with Gasteiger partial charge in [-0.1, -0.05) is 12.2 Å². The monoisotopic (exact) mass is 129 g/mol. The highest BCUT2D eigenvalue weighted by Crippen LogP contribution is 2.25. The molecular weight excluding hydrogens is 118 g/mol. The molecule has 1 aliphatic carbocycles. The summed E-state index contributed by atoms with van der Waals surface area (Å²) in [5.74, 6) is 0. The van der Waals surface area contributed by atoms with Crippen LogP contribution in [0.25, 0.3) is 0 Å². The molecule has 1 saturated carbocycles. The van der Waals surface area contributed by atoms with Crippen molar-refractivity contribution in [1.82, 2.24) is 0 Å². The first kappa shape index (κ1) is 6.17. The molecule has 0 bridgehead atoms. The van der Waals surface area contributed by atoms with Crippen LogP contribution in [-0.4, -0.2) is 11.3 Å². The second-order valence-electron chi connectivity index (χ2n) is 2.36. The van der Waals surface area contributed by atoms with Crippen molar-refractivity contribution < 1.29 is 0 Å². The fourth-order valence-corrected chi connectivity index (χ4v) is 1.46. The number of hydrogen-bond acceptors (Lipinski definition) is 2. The van der Waals surface area contributed by atoms with Crippen molar-refractivity contribution in [3.63, 3.8) is 0 Å². The Balaban J connectivity index is 2.51. The standard InChI is InChI=1S/C6H11NS/c1-4-2-5(8)3-6(4)7/h5-6,8H,1-3,7H2. The highest BCUT2D eigenvalue weighted by atomic mass is 32.1. The molecule has 0 heterocycles. The van der Waals surface area contributed by atoms with Gasteiger partial charge in [-0.25, -0.2) is 0 Å². The predicted octanol–water partition coefficient (Wildman–Crippen LogP) is 0.962. The van der Waals surface area contributed by atoms with Crippen molar-refractivity contribution >= 4 is 12.6 Å². The molecule has 2 N–H and O–H groups in total. The van der Waals surface area contributed by atoms with E-state index < -0.39 is 0 Å². The highest BCUT2D eigenvalue weighted by molar-refractivity contribution is 7.81. The molecule has 0 aliphatic heterocycles. The van der Waals surface area contributed by atoms with Gasteiger partial charge in [0.05, 0.1) is 0 Å². The van der Waals surface area contributed by atoms with Crippen molar-refractivity contribution in [2.45, 2.75) is 24.1 Å². The van der Waals surface area contributed by atoms with Crippen LogP contribution in [0.5, 0.6) is 0 Å². The van der Waals surface area contributed by atoms with Gasteiger partial charge < -0.3 is 5.73 Å². The van der Waals surface area contributed by atoms with Crippen molar-refractivity contribution in [3.05, 3.63) is 12.2 Å². The highest BCUT2D eigenvalue weighted by Gasteiger charge is 2.21. The first-order valence-electron chi connectivity index (χ1n) is 2.81. The van der Waals surface area contributed by atoms with Gasteiger partial charge in [0.2, 0.25) is 0 Å². The summed E-state index contributed by atoms with van der Waals surface area (Å²) in [6, 6.07) is 0.220. The SMILES string of the molecule is C=C1CC(S)CC1N. The van der Waals surface area contributed by atoms with Gasteiger partial charge in [0.15, 0.2) is 0 Å². The van der Waals surface area contributed by atoms with Gasteiger partial charge in [-0.05, 0) is 12.8 Å². The van der Waals surface area contributed by atoms with E-state index in [2.05, 4.69) is 19.2 Å². The summed E-state index contributed by atoms with van der Waals surface area (Å²) >= 11 is 4.27. The minimum absolute atomic E-state index is 0.220. The third-order valence-electron chi connectivity index (χ3n) is 1.55. The topological polar surface area (TPSA) is 26.0 Å². The second kappa shape index (κ2) is 2.11. The minimum atomic E-state index is 0.220. The number of rotatable bonds is 0. The first-order chi connectivity index (χ1) is 3.70. The van der Waals surface area contributed by atoms with Gasteiger partial charge in [-0.2, -0.15) is 12.6 Å². The average molecular weight is 129 g/mol. The molecule has 0 saturated heterocycles. The molecule has 8 heavy (non-hydrogen) atoms. The molecule has 0 radical (unpaired) electrons. The van der Waals surface area contributed by atoms with E-state index in [1.165, 1.54) is 0 Å². The van der Waals surface area contributed by atoms with Crippen LogP contribution in [0.1, 0.15) is 12.8 Å². The van der Waals surface area contributed by atoms with Crippen LogP contribution in [0.4, 0.5) is 0 Å². The lowest BCUT2D eigenvalue weighted by molar-refractivity contribution is 0.786. The summed E-state index contributed by atoms with van der Waals surface area (Å²) in [7, 11) is 0. The maximum atomic E-state index is 5.62. The van der Waals surface area contributed by atoms with Crippen molar-refractivity contribution in [2.24, 2.45) is 5.73 Å². The lowest BCUT2D eigenvalue weighted by Gasteiger charge is -1.98. The van der Waals surface area contributed by atoms with Gasteiger partial charge >= 0.3 is 0 Å². The van der Waals surface area contributed by atoms with Crippen LogP contribution in [-0.2, 0) is 0 Å². The van der Waals surface area contributed by atoms with Crippen molar-refractivity contribution in [2.75, 3.05) is 0 Å². The summed E-state index contributed by atoms with van der Waals surface area (Å²) in [5.41, 5.74) is 6.78. The van der Waals surface area contributed by atoms with Crippen molar-refractivity contribution in [1.29, 1.82) is 0 Å². The van der Waals surface area contributed by atoms with Gasteiger partial charge in [-0.3, -0.25) is 0 Å². The fraction of sp³-hybridized carbons (Fsp3) is 0.667. The molecule has 2 atom stereocenters. The van der Waals surface area contributed by atoms with Crippen LogP contribution in [0.3, 0.4) is 0 Å². The molecule has 1 fully saturated rings. The summed E-state index contributed by atoms with van der Waals surface area (Å²) < 4.78 is 0. The summed E-state index contributed by atoms with van der Waals surface area (Å²) in [5, 5.41) is 0.470. The molecule has 1 aliphatic rings. The zero-order valence-electron chi connectivity index (χ0n) is 4.80. The number of nitrogens with two attached hydrogens (primary N) is 1. The van der Waals surface area contributed by atoms with E-state index in [4.69, 9.17) is 5.73 Å². The van der Waals surface area contributed by atoms with Gasteiger partial charge in [0.1, 0.15) is 0 Å². The molecule has 0 amide bonds. The van der Waals surface area contributed by atoms with Crippen LogP contribution in [0, 0.1) is 0 Å². The zero-order chi connectivity index (χ0) is 6.15.